The maximum atomic E-state index is 10.1. The van der Waals surface area contributed by atoms with Crippen LogP contribution in [-0.4, -0.2) is 10.1 Å². The highest BCUT2D eigenvalue weighted by Crippen LogP contribution is 2.26. The summed E-state index contributed by atoms with van der Waals surface area (Å²) in [6, 6.07) is 13.5. The minimum absolute atomic E-state index is 0.230. The predicted octanol–water partition coefficient (Wildman–Crippen LogP) is 3.76. The molecule has 0 fully saturated rings. The summed E-state index contributed by atoms with van der Waals surface area (Å²) in [5, 5.41) is 11.4. The molecule has 1 atom stereocenters. The molecule has 1 N–H and O–H groups in total. The predicted molar refractivity (Wildman–Crippen MR) is 74.1 cm³/mol. The topological polar surface area (TPSA) is 46.3 Å². The van der Waals surface area contributed by atoms with Crippen molar-refractivity contribution in [2.24, 2.45) is 0 Å². The van der Waals surface area contributed by atoms with E-state index in [1.165, 1.54) is 6.26 Å². The zero-order chi connectivity index (χ0) is 13.2. The number of halogens is 1. The molecule has 0 saturated carbocycles. The van der Waals surface area contributed by atoms with Crippen LogP contribution in [0.25, 0.3) is 10.9 Å². The number of nitrogens with zero attached hydrogens (tertiary/aromatic N) is 1. The fourth-order valence-electron chi connectivity index (χ4n) is 2.07. The summed E-state index contributed by atoms with van der Waals surface area (Å²) in [6.45, 7) is 0. The van der Waals surface area contributed by atoms with Gasteiger partial charge in [0.15, 0.2) is 5.22 Å². The highest BCUT2D eigenvalue weighted by molar-refractivity contribution is 6.29. The minimum Gasteiger partial charge on any atom is -0.453 e. The van der Waals surface area contributed by atoms with Gasteiger partial charge in [-0.05, 0) is 29.8 Å². The Bertz CT molecular complexity index is 708. The molecule has 3 nitrogen and oxygen atoms in total. The van der Waals surface area contributed by atoms with Crippen molar-refractivity contribution in [2.75, 3.05) is 0 Å². The quantitative estimate of drug-likeness (QED) is 0.790. The summed E-state index contributed by atoms with van der Waals surface area (Å²) in [7, 11) is 0. The molecule has 1 unspecified atom stereocenters. The molecule has 96 valence electrons. The van der Waals surface area contributed by atoms with Crippen LogP contribution in [0.3, 0.4) is 0 Å². The van der Waals surface area contributed by atoms with E-state index in [9.17, 15) is 5.11 Å². The number of hydrogen-bond donors (Lipinski definition) is 1. The largest absolute Gasteiger partial charge is 0.453 e. The second-order valence-corrected chi connectivity index (χ2v) is 4.71. The maximum absolute atomic E-state index is 10.1. The Morgan fingerprint density at radius 1 is 1.16 bits per heavy atom. The molecule has 0 aliphatic carbocycles. The van der Waals surface area contributed by atoms with Crippen LogP contribution >= 0.6 is 11.6 Å². The van der Waals surface area contributed by atoms with Gasteiger partial charge in [-0.2, -0.15) is 0 Å². The molecule has 0 saturated heterocycles. The Hall–Kier alpha value is -1.84. The van der Waals surface area contributed by atoms with Crippen molar-refractivity contribution in [2.45, 2.75) is 12.5 Å². The Labute approximate surface area is 115 Å². The molecule has 0 bridgehead atoms. The lowest BCUT2D eigenvalue weighted by molar-refractivity contribution is 0.176. The first-order chi connectivity index (χ1) is 9.24. The van der Waals surface area contributed by atoms with Crippen molar-refractivity contribution in [3.63, 3.8) is 0 Å². The van der Waals surface area contributed by atoms with E-state index in [4.69, 9.17) is 16.0 Å². The van der Waals surface area contributed by atoms with Gasteiger partial charge in [0.05, 0.1) is 17.9 Å². The van der Waals surface area contributed by atoms with Gasteiger partial charge in [0, 0.05) is 23.1 Å². The number of aliphatic hydroxyl groups excluding tert-OH is 1. The van der Waals surface area contributed by atoms with Crippen LogP contribution < -0.4 is 0 Å². The van der Waals surface area contributed by atoms with Crippen molar-refractivity contribution in [1.29, 1.82) is 0 Å². The van der Waals surface area contributed by atoms with E-state index < -0.39 is 6.10 Å². The summed E-state index contributed by atoms with van der Waals surface area (Å²) in [6.07, 6.45) is 1.17. The van der Waals surface area contributed by atoms with Crippen LogP contribution in [0.15, 0.2) is 53.1 Å². The van der Waals surface area contributed by atoms with Crippen molar-refractivity contribution >= 4 is 22.5 Å². The van der Waals surface area contributed by atoms with E-state index in [0.717, 1.165) is 16.6 Å². The Morgan fingerprint density at radius 3 is 2.79 bits per heavy atom. The van der Waals surface area contributed by atoms with Gasteiger partial charge in [-0.3, -0.25) is 4.98 Å². The molecule has 3 aromatic rings. The van der Waals surface area contributed by atoms with Crippen LogP contribution in [0.1, 0.15) is 17.4 Å². The first-order valence-corrected chi connectivity index (χ1v) is 6.37. The molecule has 3 rings (SSSR count). The number of furan rings is 1. The molecular formula is C15H12ClNO2. The molecule has 2 heterocycles. The average molecular weight is 274 g/mol. The van der Waals surface area contributed by atoms with Crippen LogP contribution in [0.4, 0.5) is 0 Å². The standard InChI is InChI=1S/C15H12ClNO2/c16-15-12(7-8-19-15)14(18)9-11-6-5-10-3-1-2-4-13(10)17-11/h1-8,14,18H,9H2. The van der Waals surface area contributed by atoms with E-state index in [0.29, 0.717) is 12.0 Å². The van der Waals surface area contributed by atoms with Gasteiger partial charge in [-0.1, -0.05) is 24.3 Å². The van der Waals surface area contributed by atoms with Crippen molar-refractivity contribution in [1.82, 2.24) is 4.98 Å². The number of para-hydroxylation sites is 1. The third-order valence-corrected chi connectivity index (χ3v) is 3.37. The summed E-state index contributed by atoms with van der Waals surface area (Å²) in [5.74, 6) is 0. The number of fused-ring (bicyclic) bond motifs is 1. The Kier molecular flexibility index (Phi) is 3.23. The molecular weight excluding hydrogens is 262 g/mol. The molecule has 19 heavy (non-hydrogen) atoms. The van der Waals surface area contributed by atoms with Crippen LogP contribution in [0.5, 0.6) is 0 Å². The highest BCUT2D eigenvalue weighted by Gasteiger charge is 2.15. The molecule has 0 aliphatic heterocycles. The SMILES string of the molecule is OC(Cc1ccc2ccccc2n1)c1ccoc1Cl. The van der Waals surface area contributed by atoms with Crippen molar-refractivity contribution in [3.8, 4) is 0 Å². The van der Waals surface area contributed by atoms with Gasteiger partial charge in [0.1, 0.15) is 0 Å². The van der Waals surface area contributed by atoms with E-state index in [2.05, 4.69) is 4.98 Å². The van der Waals surface area contributed by atoms with E-state index in [1.807, 2.05) is 36.4 Å². The molecule has 0 radical (unpaired) electrons. The zero-order valence-corrected chi connectivity index (χ0v) is 10.8. The third kappa shape index (κ3) is 2.48. The van der Waals surface area contributed by atoms with Gasteiger partial charge in [-0.25, -0.2) is 0 Å². The normalized spacial score (nSPS) is 12.7. The monoisotopic (exact) mass is 273 g/mol. The maximum Gasteiger partial charge on any atom is 0.198 e. The second-order valence-electron chi connectivity index (χ2n) is 4.36. The Balaban J connectivity index is 1.87. The van der Waals surface area contributed by atoms with Crippen LogP contribution in [0, 0.1) is 0 Å². The zero-order valence-electron chi connectivity index (χ0n) is 10.1. The molecule has 2 aromatic heterocycles. The van der Waals surface area contributed by atoms with Crippen LogP contribution in [-0.2, 0) is 6.42 Å². The number of benzene rings is 1. The lowest BCUT2D eigenvalue weighted by Gasteiger charge is -2.09. The van der Waals surface area contributed by atoms with E-state index in [-0.39, 0.29) is 5.22 Å². The van der Waals surface area contributed by atoms with E-state index in [1.54, 1.807) is 6.07 Å². The first-order valence-electron chi connectivity index (χ1n) is 5.99. The second kappa shape index (κ2) is 5.03. The third-order valence-electron chi connectivity index (χ3n) is 3.06. The van der Waals surface area contributed by atoms with Gasteiger partial charge < -0.3 is 9.52 Å². The molecule has 0 aliphatic rings. The minimum atomic E-state index is -0.708. The lowest BCUT2D eigenvalue weighted by atomic mass is 10.1. The molecule has 4 heteroatoms. The number of rotatable bonds is 3. The molecule has 1 aromatic carbocycles. The van der Waals surface area contributed by atoms with Gasteiger partial charge in [0.2, 0.25) is 0 Å². The number of hydrogen-bond acceptors (Lipinski definition) is 3. The fraction of sp³-hybridized carbons (Fsp3) is 0.133. The summed E-state index contributed by atoms with van der Waals surface area (Å²) < 4.78 is 4.98. The number of pyridine rings is 1. The van der Waals surface area contributed by atoms with Gasteiger partial charge in [-0.15, -0.1) is 0 Å². The molecule has 0 spiro atoms. The summed E-state index contributed by atoms with van der Waals surface area (Å²) in [5.41, 5.74) is 2.34. The summed E-state index contributed by atoms with van der Waals surface area (Å²) >= 11 is 5.85. The van der Waals surface area contributed by atoms with Gasteiger partial charge in [0.25, 0.3) is 0 Å². The molecule has 0 amide bonds. The van der Waals surface area contributed by atoms with Crippen LogP contribution in [0.2, 0.25) is 5.22 Å². The Morgan fingerprint density at radius 2 is 2.00 bits per heavy atom. The first kappa shape index (κ1) is 12.2. The van der Waals surface area contributed by atoms with Gasteiger partial charge >= 0.3 is 0 Å². The fourth-order valence-corrected chi connectivity index (χ4v) is 2.31. The van der Waals surface area contributed by atoms with E-state index >= 15 is 0 Å². The van der Waals surface area contributed by atoms with Crippen molar-refractivity contribution in [3.05, 3.63) is 65.2 Å². The smallest absolute Gasteiger partial charge is 0.198 e. The lowest BCUT2D eigenvalue weighted by Crippen LogP contribution is -2.03. The number of aliphatic hydroxyl groups is 1. The highest BCUT2D eigenvalue weighted by atomic mass is 35.5. The van der Waals surface area contributed by atoms with Crippen molar-refractivity contribution < 1.29 is 9.52 Å². The summed E-state index contributed by atoms with van der Waals surface area (Å²) in [4.78, 5) is 4.52. The average Bonchev–Trinajstić information content (AvgIpc) is 2.85. The number of aromatic nitrogens is 1.